The highest BCUT2D eigenvalue weighted by molar-refractivity contribution is 5.88. The number of nitrogens with zero attached hydrogens (tertiary/aromatic N) is 1. The summed E-state index contributed by atoms with van der Waals surface area (Å²) in [6.07, 6.45) is -1.86. The summed E-state index contributed by atoms with van der Waals surface area (Å²) in [7, 11) is 2.10. The van der Waals surface area contributed by atoms with E-state index in [0.29, 0.717) is 0 Å². The minimum absolute atomic E-state index is 0.988. The van der Waals surface area contributed by atoms with Crippen LogP contribution in [0.2, 0.25) is 0 Å². The van der Waals surface area contributed by atoms with Crippen LogP contribution in [0.3, 0.4) is 0 Å². The summed E-state index contributed by atoms with van der Waals surface area (Å²) in [4.78, 5) is 22.0. The fraction of sp³-hybridized carbons (Fsp3) is 0.625. The van der Waals surface area contributed by atoms with E-state index >= 15 is 0 Å². The van der Waals surface area contributed by atoms with Crippen molar-refractivity contribution < 1.29 is 24.2 Å². The molecule has 0 heterocycles. The molecule has 0 spiro atoms. The Labute approximate surface area is 81.0 Å². The number of aliphatic hydroxyl groups excluding tert-OH is 1. The van der Waals surface area contributed by atoms with Crippen molar-refractivity contribution in [2.24, 2.45) is 5.41 Å². The monoisotopic (exact) mass is 201 g/mol. The van der Waals surface area contributed by atoms with Gasteiger partial charge in [-0.15, -0.1) is 0 Å². The maximum Gasteiger partial charge on any atom is 0.337 e. The van der Waals surface area contributed by atoms with Gasteiger partial charge in [0.1, 0.15) is 0 Å². The Morgan fingerprint density at radius 1 is 1.43 bits per heavy atom. The Kier molecular flexibility index (Phi) is 4.05. The molecule has 0 aliphatic carbocycles. The number of methoxy groups -OCH3 is 2. The minimum Gasteiger partial charge on any atom is -0.468 e. The molecule has 0 rings (SSSR count). The molecule has 0 amide bonds. The predicted octanol–water partition coefficient (Wildman–Crippen LogP) is -0.777. The molecule has 78 valence electrons. The molecule has 0 aliphatic heterocycles. The van der Waals surface area contributed by atoms with Gasteiger partial charge in [-0.2, -0.15) is 5.26 Å². The fourth-order valence-electron chi connectivity index (χ4n) is 0.778. The first-order chi connectivity index (χ1) is 6.43. The van der Waals surface area contributed by atoms with E-state index in [0.717, 1.165) is 21.1 Å². The standard InChI is InChI=1S/C8H11NO5/c1-8(4-9,7(12)14-3)5(10)6(11)13-2/h5,10H,1-3H3/t5-,8+/m1/s1. The lowest BCUT2D eigenvalue weighted by atomic mass is 9.86. The molecule has 0 bridgehead atoms. The molecule has 0 aromatic rings. The third kappa shape index (κ3) is 2.00. The molecule has 0 unspecified atom stereocenters. The molecule has 14 heavy (non-hydrogen) atoms. The normalized spacial score (nSPS) is 15.9. The number of nitriles is 1. The highest BCUT2D eigenvalue weighted by atomic mass is 16.5. The van der Waals surface area contributed by atoms with Crippen LogP contribution in [0.4, 0.5) is 0 Å². The summed E-state index contributed by atoms with van der Waals surface area (Å²) in [6.45, 7) is 1.10. The summed E-state index contributed by atoms with van der Waals surface area (Å²) < 4.78 is 8.50. The number of rotatable bonds is 3. The largest absolute Gasteiger partial charge is 0.468 e. The zero-order valence-electron chi connectivity index (χ0n) is 8.10. The summed E-state index contributed by atoms with van der Waals surface area (Å²) in [5, 5.41) is 18.0. The van der Waals surface area contributed by atoms with Gasteiger partial charge in [-0.05, 0) is 6.92 Å². The van der Waals surface area contributed by atoms with Gasteiger partial charge >= 0.3 is 11.9 Å². The van der Waals surface area contributed by atoms with Crippen molar-refractivity contribution in [3.63, 3.8) is 0 Å². The van der Waals surface area contributed by atoms with E-state index < -0.39 is 23.5 Å². The molecule has 2 atom stereocenters. The van der Waals surface area contributed by atoms with Gasteiger partial charge in [-0.25, -0.2) is 4.79 Å². The highest BCUT2D eigenvalue weighted by Gasteiger charge is 2.47. The molecule has 0 saturated heterocycles. The van der Waals surface area contributed by atoms with E-state index in [4.69, 9.17) is 5.26 Å². The van der Waals surface area contributed by atoms with Gasteiger partial charge in [0.05, 0.1) is 20.3 Å². The van der Waals surface area contributed by atoms with Gasteiger partial charge in [-0.3, -0.25) is 4.79 Å². The van der Waals surface area contributed by atoms with E-state index in [1.54, 1.807) is 0 Å². The summed E-state index contributed by atoms with van der Waals surface area (Å²) in [6, 6.07) is 1.52. The van der Waals surface area contributed by atoms with Gasteiger partial charge in [-0.1, -0.05) is 0 Å². The van der Waals surface area contributed by atoms with Gasteiger partial charge in [0.15, 0.2) is 11.5 Å². The molecule has 0 aromatic heterocycles. The number of esters is 2. The van der Waals surface area contributed by atoms with E-state index in [-0.39, 0.29) is 0 Å². The Balaban J connectivity index is 4.97. The summed E-state index contributed by atoms with van der Waals surface area (Å²) in [5.41, 5.74) is -1.94. The molecule has 0 saturated carbocycles. The molecule has 1 N–H and O–H groups in total. The van der Waals surface area contributed by atoms with Gasteiger partial charge in [0, 0.05) is 0 Å². The summed E-state index contributed by atoms with van der Waals surface area (Å²) >= 11 is 0. The lowest BCUT2D eigenvalue weighted by Gasteiger charge is -2.22. The SMILES string of the molecule is COC(=O)[C@@H](O)[C@](C)(C#N)C(=O)OC. The van der Waals surface area contributed by atoms with E-state index in [1.807, 2.05) is 0 Å². The topological polar surface area (TPSA) is 96.6 Å². The predicted molar refractivity (Wildman–Crippen MR) is 43.8 cm³/mol. The second-order valence-corrected chi connectivity index (χ2v) is 2.73. The number of hydrogen-bond acceptors (Lipinski definition) is 6. The Hall–Kier alpha value is -1.61. The van der Waals surface area contributed by atoms with Crippen LogP contribution in [0.1, 0.15) is 6.92 Å². The van der Waals surface area contributed by atoms with Gasteiger partial charge < -0.3 is 14.6 Å². The average molecular weight is 201 g/mol. The van der Waals surface area contributed by atoms with Crippen molar-refractivity contribution in [1.82, 2.24) is 0 Å². The molecule has 0 aliphatic rings. The molecule has 0 radical (unpaired) electrons. The summed E-state index contributed by atoms with van der Waals surface area (Å²) in [5.74, 6) is -2.04. The second-order valence-electron chi connectivity index (χ2n) is 2.73. The number of carbonyl (C=O) groups excluding carboxylic acids is 2. The number of aliphatic hydroxyl groups is 1. The maximum atomic E-state index is 11.1. The minimum atomic E-state index is -1.94. The smallest absolute Gasteiger partial charge is 0.337 e. The maximum absolute atomic E-state index is 11.1. The molecular formula is C8H11NO5. The number of ether oxygens (including phenoxy) is 2. The fourth-order valence-corrected chi connectivity index (χ4v) is 0.778. The average Bonchev–Trinajstić information content (AvgIpc) is 2.24. The number of hydrogen-bond donors (Lipinski definition) is 1. The first-order valence-electron chi connectivity index (χ1n) is 3.69. The third-order valence-electron chi connectivity index (χ3n) is 1.81. The molecule has 6 nitrogen and oxygen atoms in total. The van der Waals surface area contributed by atoms with Crippen molar-refractivity contribution in [2.75, 3.05) is 14.2 Å². The Morgan fingerprint density at radius 2 is 1.93 bits per heavy atom. The molecule has 6 heteroatoms. The molecule has 0 aromatic carbocycles. The highest BCUT2D eigenvalue weighted by Crippen LogP contribution is 2.23. The second kappa shape index (κ2) is 4.58. The van der Waals surface area contributed by atoms with Crippen LogP contribution in [-0.2, 0) is 19.1 Å². The van der Waals surface area contributed by atoms with Crippen LogP contribution >= 0.6 is 0 Å². The van der Waals surface area contributed by atoms with Crippen LogP contribution < -0.4 is 0 Å². The van der Waals surface area contributed by atoms with Crippen molar-refractivity contribution in [2.45, 2.75) is 13.0 Å². The lowest BCUT2D eigenvalue weighted by molar-refractivity contribution is -0.167. The van der Waals surface area contributed by atoms with Gasteiger partial charge in [0.2, 0.25) is 0 Å². The lowest BCUT2D eigenvalue weighted by Crippen LogP contribution is -2.44. The van der Waals surface area contributed by atoms with E-state index in [9.17, 15) is 14.7 Å². The van der Waals surface area contributed by atoms with Crippen LogP contribution in [0.15, 0.2) is 0 Å². The van der Waals surface area contributed by atoms with E-state index in [2.05, 4.69) is 9.47 Å². The van der Waals surface area contributed by atoms with Crippen molar-refractivity contribution in [1.29, 1.82) is 5.26 Å². The number of carbonyl (C=O) groups is 2. The quantitative estimate of drug-likeness (QED) is 0.602. The third-order valence-corrected chi connectivity index (χ3v) is 1.81. The van der Waals surface area contributed by atoms with Crippen molar-refractivity contribution >= 4 is 11.9 Å². The van der Waals surface area contributed by atoms with Gasteiger partial charge in [0.25, 0.3) is 0 Å². The van der Waals surface area contributed by atoms with Crippen LogP contribution in [0.5, 0.6) is 0 Å². The van der Waals surface area contributed by atoms with E-state index in [1.165, 1.54) is 6.07 Å². The zero-order valence-corrected chi connectivity index (χ0v) is 8.10. The van der Waals surface area contributed by atoms with Crippen LogP contribution in [-0.4, -0.2) is 37.4 Å². The molecular weight excluding hydrogens is 190 g/mol. The first-order valence-corrected chi connectivity index (χ1v) is 3.69. The van der Waals surface area contributed by atoms with Crippen LogP contribution in [0, 0.1) is 16.7 Å². The van der Waals surface area contributed by atoms with Crippen molar-refractivity contribution in [3.8, 4) is 6.07 Å². The Morgan fingerprint density at radius 3 is 2.21 bits per heavy atom. The molecule has 0 fully saturated rings. The van der Waals surface area contributed by atoms with Crippen LogP contribution in [0.25, 0.3) is 0 Å². The zero-order chi connectivity index (χ0) is 11.4. The van der Waals surface area contributed by atoms with Crippen molar-refractivity contribution in [3.05, 3.63) is 0 Å². The first kappa shape index (κ1) is 12.4. The Bertz CT molecular complexity index is 282.